The number of halogens is 1. The van der Waals surface area contributed by atoms with Gasteiger partial charge in [-0.1, -0.05) is 41.9 Å². The van der Waals surface area contributed by atoms with Gasteiger partial charge in [-0.2, -0.15) is 0 Å². The number of hydrogen-bond donors (Lipinski definition) is 1. The van der Waals surface area contributed by atoms with Gasteiger partial charge in [-0.3, -0.25) is 4.90 Å². The number of rotatable bonds is 3. The van der Waals surface area contributed by atoms with E-state index in [1.165, 1.54) is 37.3 Å². The van der Waals surface area contributed by atoms with E-state index < -0.39 is 0 Å². The van der Waals surface area contributed by atoms with Crippen molar-refractivity contribution in [1.82, 2.24) is 10.2 Å². The van der Waals surface area contributed by atoms with Crippen molar-refractivity contribution in [1.29, 1.82) is 0 Å². The summed E-state index contributed by atoms with van der Waals surface area (Å²) in [5.41, 5.74) is 3.80. The minimum absolute atomic E-state index is 0.0788. The number of hydrogen-bond acceptors (Lipinski definition) is 3. The molecule has 2 heterocycles. The first-order chi connectivity index (χ1) is 12.7. The molecule has 0 unspecified atom stereocenters. The summed E-state index contributed by atoms with van der Waals surface area (Å²) >= 11 is 6.33. The Balaban J connectivity index is 1.46. The van der Waals surface area contributed by atoms with Crippen LogP contribution in [-0.4, -0.2) is 37.1 Å². The van der Waals surface area contributed by atoms with Crippen LogP contribution in [-0.2, 0) is 6.42 Å². The van der Waals surface area contributed by atoms with Gasteiger partial charge in [0.25, 0.3) is 0 Å². The van der Waals surface area contributed by atoms with E-state index in [0.717, 1.165) is 34.6 Å². The smallest absolute Gasteiger partial charge is 0.140 e. The van der Waals surface area contributed by atoms with Gasteiger partial charge in [-0.25, -0.2) is 0 Å². The van der Waals surface area contributed by atoms with E-state index in [0.29, 0.717) is 6.04 Å². The number of benzene rings is 2. The third-order valence-corrected chi connectivity index (χ3v) is 6.91. The van der Waals surface area contributed by atoms with Gasteiger partial charge in [0.2, 0.25) is 0 Å². The number of likely N-dealkylation sites (tertiary alicyclic amines) is 1. The molecule has 3 nitrogen and oxygen atoms in total. The van der Waals surface area contributed by atoms with Crippen LogP contribution < -0.4 is 10.1 Å². The van der Waals surface area contributed by atoms with Crippen LogP contribution in [0.5, 0.6) is 5.75 Å². The molecule has 0 saturated carbocycles. The van der Waals surface area contributed by atoms with Crippen molar-refractivity contribution in [3.8, 4) is 5.75 Å². The average molecular weight is 369 g/mol. The van der Waals surface area contributed by atoms with Crippen molar-refractivity contribution in [2.24, 2.45) is 11.8 Å². The highest BCUT2D eigenvalue weighted by Gasteiger charge is 2.44. The quantitative estimate of drug-likeness (QED) is 0.890. The summed E-state index contributed by atoms with van der Waals surface area (Å²) in [6.07, 6.45) is 1.16. The Morgan fingerprint density at radius 1 is 1.04 bits per heavy atom. The molecule has 2 aromatic rings. The number of fused-ring (bicyclic) bond motifs is 2. The van der Waals surface area contributed by atoms with Gasteiger partial charge in [0, 0.05) is 23.7 Å². The molecular formula is C22H25ClN2O. The highest BCUT2D eigenvalue weighted by Crippen LogP contribution is 2.42. The molecule has 26 heavy (non-hydrogen) atoms. The molecule has 0 amide bonds. The monoisotopic (exact) mass is 368 g/mol. The standard InChI is InChI=1S/C22H25ClN2O/c1-14-19(23)7-4-8-21(14)26-22-18-6-3-2-5-15(18)9-20(22)25-12-16-10-24-11-17(16)13-25/h2-8,16-17,20,22,24H,9-13H2,1H3/t16-,17+,20-,22-/m1/s1. The lowest BCUT2D eigenvalue weighted by molar-refractivity contribution is 0.0885. The molecule has 2 saturated heterocycles. The Kier molecular flexibility index (Phi) is 4.19. The van der Waals surface area contributed by atoms with Gasteiger partial charge in [0.15, 0.2) is 0 Å². The summed E-state index contributed by atoms with van der Waals surface area (Å²) in [4.78, 5) is 2.68. The molecule has 0 radical (unpaired) electrons. The van der Waals surface area contributed by atoms with Crippen molar-refractivity contribution < 1.29 is 4.74 Å². The summed E-state index contributed by atoms with van der Waals surface area (Å²) in [6.45, 7) is 6.74. The zero-order chi connectivity index (χ0) is 17.7. The Labute approximate surface area is 160 Å². The van der Waals surface area contributed by atoms with Crippen molar-refractivity contribution >= 4 is 11.6 Å². The zero-order valence-electron chi connectivity index (χ0n) is 15.1. The summed E-state index contributed by atoms with van der Waals surface area (Å²) in [5.74, 6) is 2.50. The molecular weight excluding hydrogens is 344 g/mol. The Morgan fingerprint density at radius 2 is 1.81 bits per heavy atom. The molecule has 4 atom stereocenters. The van der Waals surface area contributed by atoms with Crippen LogP contribution in [0.25, 0.3) is 0 Å². The van der Waals surface area contributed by atoms with Gasteiger partial charge in [0.05, 0.1) is 6.04 Å². The van der Waals surface area contributed by atoms with Gasteiger partial charge in [0.1, 0.15) is 11.9 Å². The van der Waals surface area contributed by atoms with Crippen molar-refractivity contribution in [3.05, 3.63) is 64.2 Å². The number of nitrogens with one attached hydrogen (secondary N) is 1. The highest BCUT2D eigenvalue weighted by atomic mass is 35.5. The first-order valence-electron chi connectivity index (χ1n) is 9.65. The maximum absolute atomic E-state index is 6.62. The van der Waals surface area contributed by atoms with Crippen LogP contribution >= 0.6 is 11.6 Å². The van der Waals surface area contributed by atoms with E-state index >= 15 is 0 Å². The molecule has 1 N–H and O–H groups in total. The highest BCUT2D eigenvalue weighted by molar-refractivity contribution is 6.31. The normalized spacial score (nSPS) is 30.4. The topological polar surface area (TPSA) is 24.5 Å². The first-order valence-corrected chi connectivity index (χ1v) is 10.0. The molecule has 1 aliphatic carbocycles. The number of ether oxygens (including phenoxy) is 1. The third-order valence-electron chi connectivity index (χ3n) is 6.50. The average Bonchev–Trinajstić information content (AvgIpc) is 3.32. The second-order valence-electron chi connectivity index (χ2n) is 8.00. The molecule has 2 aromatic carbocycles. The summed E-state index contributed by atoms with van der Waals surface area (Å²) in [6, 6.07) is 15.1. The summed E-state index contributed by atoms with van der Waals surface area (Å²) in [7, 11) is 0. The van der Waals surface area contributed by atoms with E-state index in [2.05, 4.69) is 34.5 Å². The van der Waals surface area contributed by atoms with Crippen LogP contribution in [0.3, 0.4) is 0 Å². The third kappa shape index (κ3) is 2.74. The predicted octanol–water partition coefficient (Wildman–Crippen LogP) is 3.84. The second-order valence-corrected chi connectivity index (χ2v) is 8.41. The molecule has 0 spiro atoms. The van der Waals surface area contributed by atoms with E-state index in [1.54, 1.807) is 0 Å². The van der Waals surface area contributed by atoms with Gasteiger partial charge in [-0.05, 0) is 61.5 Å². The van der Waals surface area contributed by atoms with E-state index in [4.69, 9.17) is 16.3 Å². The fourth-order valence-corrected chi connectivity index (χ4v) is 5.18. The van der Waals surface area contributed by atoms with Crippen LogP contribution in [0.4, 0.5) is 0 Å². The van der Waals surface area contributed by atoms with Crippen LogP contribution in [0.2, 0.25) is 5.02 Å². The van der Waals surface area contributed by atoms with E-state index in [-0.39, 0.29) is 6.10 Å². The second kappa shape index (κ2) is 6.56. The first kappa shape index (κ1) is 16.6. The predicted molar refractivity (Wildman–Crippen MR) is 105 cm³/mol. The van der Waals surface area contributed by atoms with E-state index in [1.807, 2.05) is 25.1 Å². The minimum atomic E-state index is 0.0788. The SMILES string of the molecule is Cc1c(Cl)cccc1O[C@@H]1c2ccccc2C[C@H]1N1C[C@H]2CNC[C@H]2C1. The fraction of sp³-hybridized carbons (Fsp3) is 0.455. The summed E-state index contributed by atoms with van der Waals surface area (Å²) < 4.78 is 6.62. The maximum Gasteiger partial charge on any atom is 0.140 e. The minimum Gasteiger partial charge on any atom is -0.484 e. The van der Waals surface area contributed by atoms with Gasteiger partial charge < -0.3 is 10.1 Å². The fourth-order valence-electron chi connectivity index (χ4n) is 5.01. The van der Waals surface area contributed by atoms with Crippen LogP contribution in [0, 0.1) is 18.8 Å². The largest absolute Gasteiger partial charge is 0.484 e. The molecule has 0 bridgehead atoms. The van der Waals surface area contributed by atoms with Crippen molar-refractivity contribution in [3.63, 3.8) is 0 Å². The molecule has 136 valence electrons. The lowest BCUT2D eigenvalue weighted by Crippen LogP contribution is -2.40. The van der Waals surface area contributed by atoms with Crippen molar-refractivity contribution in [2.45, 2.75) is 25.5 Å². The summed E-state index contributed by atoms with van der Waals surface area (Å²) in [5, 5.41) is 4.32. The Bertz CT molecular complexity index is 812. The van der Waals surface area contributed by atoms with Crippen molar-refractivity contribution in [2.75, 3.05) is 26.2 Å². The zero-order valence-corrected chi connectivity index (χ0v) is 15.9. The van der Waals surface area contributed by atoms with Crippen LogP contribution in [0.1, 0.15) is 22.8 Å². The molecule has 2 aliphatic heterocycles. The van der Waals surface area contributed by atoms with Gasteiger partial charge >= 0.3 is 0 Å². The molecule has 5 rings (SSSR count). The maximum atomic E-state index is 6.62. The molecule has 0 aromatic heterocycles. The van der Waals surface area contributed by atoms with Gasteiger partial charge in [-0.15, -0.1) is 0 Å². The van der Waals surface area contributed by atoms with E-state index in [9.17, 15) is 0 Å². The van der Waals surface area contributed by atoms with Crippen LogP contribution in [0.15, 0.2) is 42.5 Å². The molecule has 3 aliphatic rings. The number of nitrogens with zero attached hydrogens (tertiary/aromatic N) is 1. The molecule has 2 fully saturated rings. The Morgan fingerprint density at radius 3 is 2.62 bits per heavy atom. The Hall–Kier alpha value is -1.55. The lowest BCUT2D eigenvalue weighted by Gasteiger charge is -2.31. The molecule has 4 heteroatoms. The lowest BCUT2D eigenvalue weighted by atomic mass is 10.0.